The fourth-order valence-corrected chi connectivity index (χ4v) is 3.82. The maximum atomic E-state index is 13.2. The second kappa shape index (κ2) is 8.24. The Labute approximate surface area is 172 Å². The molecule has 6 nitrogen and oxygen atoms in total. The summed E-state index contributed by atoms with van der Waals surface area (Å²) in [6.45, 7) is 1.62. The number of nitrogens with one attached hydrogen (secondary N) is 1. The van der Waals surface area contributed by atoms with Crippen LogP contribution >= 0.6 is 15.9 Å². The van der Waals surface area contributed by atoms with Gasteiger partial charge in [0.2, 0.25) is 5.91 Å². The summed E-state index contributed by atoms with van der Waals surface area (Å²) in [5.41, 5.74) is 1.43. The summed E-state index contributed by atoms with van der Waals surface area (Å²) < 4.78 is 8.37. The van der Waals surface area contributed by atoms with Gasteiger partial charge in [-0.05, 0) is 42.2 Å². The number of imidazole rings is 1. The molecular formula is C21H21BrN4O2. The second-order valence-electron chi connectivity index (χ2n) is 6.88. The number of hydrogen-bond donors (Lipinski definition) is 1. The van der Waals surface area contributed by atoms with Crippen molar-refractivity contribution in [2.45, 2.75) is 24.8 Å². The minimum atomic E-state index is -0.552. The summed E-state index contributed by atoms with van der Waals surface area (Å²) >= 11 is 3.47. The standard InChI is InChI=1S/C21H21BrN4O2/c22-18-4-2-17(3-5-18)21(7-11-28-12-8-21)20(27)25-14-16-1-6-19(24-13-16)26-10-9-23-15-26/h1-6,9-10,13,15H,7-8,11-12,14H2,(H,25,27). The van der Waals surface area contributed by atoms with E-state index in [0.29, 0.717) is 32.6 Å². The average molecular weight is 441 g/mol. The number of benzene rings is 1. The van der Waals surface area contributed by atoms with Crippen LogP contribution in [0.2, 0.25) is 0 Å². The minimum absolute atomic E-state index is 0.0387. The van der Waals surface area contributed by atoms with Gasteiger partial charge in [-0.15, -0.1) is 0 Å². The van der Waals surface area contributed by atoms with Gasteiger partial charge in [-0.1, -0.05) is 34.1 Å². The van der Waals surface area contributed by atoms with Crippen molar-refractivity contribution in [3.8, 4) is 5.82 Å². The number of hydrogen-bond acceptors (Lipinski definition) is 4. The van der Waals surface area contributed by atoms with Crippen LogP contribution in [0.25, 0.3) is 5.82 Å². The van der Waals surface area contributed by atoms with Gasteiger partial charge in [0.05, 0.1) is 5.41 Å². The van der Waals surface area contributed by atoms with Crippen molar-refractivity contribution < 1.29 is 9.53 Å². The van der Waals surface area contributed by atoms with Gasteiger partial charge >= 0.3 is 0 Å². The molecule has 1 amide bonds. The molecule has 4 rings (SSSR count). The largest absolute Gasteiger partial charge is 0.381 e. The highest BCUT2D eigenvalue weighted by Gasteiger charge is 2.41. The quantitative estimate of drug-likeness (QED) is 0.659. The van der Waals surface area contributed by atoms with Gasteiger partial charge in [0, 0.05) is 42.8 Å². The molecule has 1 aliphatic heterocycles. The van der Waals surface area contributed by atoms with Crippen LogP contribution in [0.1, 0.15) is 24.0 Å². The average Bonchev–Trinajstić information content (AvgIpc) is 3.28. The van der Waals surface area contributed by atoms with E-state index in [0.717, 1.165) is 21.4 Å². The Morgan fingerprint density at radius 2 is 1.96 bits per heavy atom. The van der Waals surface area contributed by atoms with Crippen LogP contribution in [0.15, 0.2) is 65.8 Å². The molecule has 144 valence electrons. The number of aromatic nitrogens is 3. The highest BCUT2D eigenvalue weighted by atomic mass is 79.9. The highest BCUT2D eigenvalue weighted by molar-refractivity contribution is 9.10. The topological polar surface area (TPSA) is 69.0 Å². The smallest absolute Gasteiger partial charge is 0.231 e. The van der Waals surface area contributed by atoms with E-state index in [-0.39, 0.29) is 5.91 Å². The molecule has 1 saturated heterocycles. The van der Waals surface area contributed by atoms with E-state index >= 15 is 0 Å². The van der Waals surface area contributed by atoms with E-state index in [4.69, 9.17) is 4.74 Å². The van der Waals surface area contributed by atoms with Gasteiger partial charge in [0.15, 0.2) is 0 Å². The minimum Gasteiger partial charge on any atom is -0.381 e. The van der Waals surface area contributed by atoms with Crippen molar-refractivity contribution in [2.24, 2.45) is 0 Å². The summed E-state index contributed by atoms with van der Waals surface area (Å²) in [4.78, 5) is 21.7. The Morgan fingerprint density at radius 3 is 2.61 bits per heavy atom. The zero-order valence-corrected chi connectivity index (χ0v) is 16.9. The molecule has 3 heterocycles. The first-order valence-electron chi connectivity index (χ1n) is 9.23. The van der Waals surface area contributed by atoms with Crippen molar-refractivity contribution in [1.29, 1.82) is 0 Å². The van der Waals surface area contributed by atoms with Gasteiger partial charge in [-0.2, -0.15) is 0 Å². The number of nitrogens with zero attached hydrogens (tertiary/aromatic N) is 3. The van der Waals surface area contributed by atoms with Gasteiger partial charge < -0.3 is 10.1 Å². The van der Waals surface area contributed by atoms with E-state index in [2.05, 4.69) is 31.2 Å². The molecule has 1 aromatic carbocycles. The third-order valence-corrected chi connectivity index (χ3v) is 5.74. The maximum absolute atomic E-state index is 13.2. The van der Waals surface area contributed by atoms with E-state index in [1.807, 2.05) is 47.2 Å². The Morgan fingerprint density at radius 1 is 1.18 bits per heavy atom. The first-order chi connectivity index (χ1) is 13.7. The molecule has 0 bridgehead atoms. The number of carbonyl (C=O) groups excluding carboxylic acids is 1. The summed E-state index contributed by atoms with van der Waals surface area (Å²) in [5, 5.41) is 3.11. The van der Waals surface area contributed by atoms with E-state index in [1.54, 1.807) is 18.7 Å². The molecule has 1 aliphatic rings. The van der Waals surface area contributed by atoms with Crippen molar-refractivity contribution >= 4 is 21.8 Å². The number of halogens is 1. The third kappa shape index (κ3) is 3.86. The molecule has 0 atom stereocenters. The summed E-state index contributed by atoms with van der Waals surface area (Å²) in [6, 6.07) is 11.9. The summed E-state index contributed by atoms with van der Waals surface area (Å²) in [7, 11) is 0. The van der Waals surface area contributed by atoms with Crippen LogP contribution in [-0.4, -0.2) is 33.7 Å². The van der Waals surface area contributed by atoms with Crippen molar-refractivity contribution in [2.75, 3.05) is 13.2 Å². The Balaban J connectivity index is 1.48. The molecule has 1 fully saturated rings. The number of pyridine rings is 1. The SMILES string of the molecule is O=C(NCc1ccc(-n2ccnc2)nc1)C1(c2ccc(Br)cc2)CCOCC1. The van der Waals surface area contributed by atoms with Crippen LogP contribution in [0.4, 0.5) is 0 Å². The van der Waals surface area contributed by atoms with Gasteiger partial charge in [0.1, 0.15) is 12.1 Å². The lowest BCUT2D eigenvalue weighted by atomic mass is 9.73. The number of rotatable bonds is 5. The Kier molecular flexibility index (Phi) is 5.54. The molecular weight excluding hydrogens is 420 g/mol. The van der Waals surface area contributed by atoms with Gasteiger partial charge in [-0.25, -0.2) is 9.97 Å². The first kappa shape index (κ1) is 18.8. The summed E-state index contributed by atoms with van der Waals surface area (Å²) in [6.07, 6.45) is 8.40. The number of carbonyl (C=O) groups is 1. The predicted molar refractivity (Wildman–Crippen MR) is 109 cm³/mol. The molecule has 28 heavy (non-hydrogen) atoms. The molecule has 2 aromatic heterocycles. The fraction of sp³-hybridized carbons (Fsp3) is 0.286. The van der Waals surface area contributed by atoms with E-state index in [1.165, 1.54) is 0 Å². The molecule has 1 N–H and O–H groups in total. The predicted octanol–water partition coefficient (Wildman–Crippen LogP) is 3.39. The van der Waals surface area contributed by atoms with Crippen molar-refractivity contribution in [3.05, 3.63) is 76.9 Å². The van der Waals surface area contributed by atoms with Crippen LogP contribution in [-0.2, 0) is 21.5 Å². The Hall–Kier alpha value is -2.51. The lowest BCUT2D eigenvalue weighted by Gasteiger charge is -2.36. The molecule has 0 radical (unpaired) electrons. The van der Waals surface area contributed by atoms with Crippen molar-refractivity contribution in [1.82, 2.24) is 19.9 Å². The zero-order valence-electron chi connectivity index (χ0n) is 15.3. The fourth-order valence-electron chi connectivity index (χ4n) is 3.56. The Bertz CT molecular complexity index is 918. The van der Waals surface area contributed by atoms with E-state index < -0.39 is 5.41 Å². The third-order valence-electron chi connectivity index (χ3n) is 5.21. The monoisotopic (exact) mass is 440 g/mol. The molecule has 0 aliphatic carbocycles. The molecule has 0 unspecified atom stereocenters. The molecule has 3 aromatic rings. The van der Waals surface area contributed by atoms with Gasteiger partial charge in [-0.3, -0.25) is 9.36 Å². The molecule has 0 spiro atoms. The van der Waals surface area contributed by atoms with Gasteiger partial charge in [0.25, 0.3) is 0 Å². The van der Waals surface area contributed by atoms with Crippen LogP contribution in [0.3, 0.4) is 0 Å². The second-order valence-corrected chi connectivity index (χ2v) is 7.79. The molecule has 7 heteroatoms. The number of ether oxygens (including phenoxy) is 1. The van der Waals surface area contributed by atoms with Crippen LogP contribution < -0.4 is 5.32 Å². The normalized spacial score (nSPS) is 15.9. The molecule has 0 saturated carbocycles. The lowest BCUT2D eigenvalue weighted by molar-refractivity contribution is -0.130. The highest BCUT2D eigenvalue weighted by Crippen LogP contribution is 2.35. The van der Waals surface area contributed by atoms with E-state index in [9.17, 15) is 4.79 Å². The lowest BCUT2D eigenvalue weighted by Crippen LogP contribution is -2.47. The zero-order chi connectivity index (χ0) is 19.4. The van der Waals surface area contributed by atoms with Crippen molar-refractivity contribution in [3.63, 3.8) is 0 Å². The summed E-state index contributed by atoms with van der Waals surface area (Å²) in [5.74, 6) is 0.833. The van der Waals surface area contributed by atoms with Crippen LogP contribution in [0, 0.1) is 0 Å². The number of amides is 1. The first-order valence-corrected chi connectivity index (χ1v) is 10.0. The maximum Gasteiger partial charge on any atom is 0.231 e. The van der Waals surface area contributed by atoms with Crippen LogP contribution in [0.5, 0.6) is 0 Å².